The Morgan fingerprint density at radius 2 is 2.04 bits per heavy atom. The Morgan fingerprint density at radius 3 is 2.76 bits per heavy atom. The topological polar surface area (TPSA) is 110 Å². The fourth-order valence-corrected chi connectivity index (χ4v) is 2.18. The van der Waals surface area contributed by atoms with Gasteiger partial charge in [-0.25, -0.2) is 4.79 Å². The van der Waals surface area contributed by atoms with E-state index in [9.17, 15) is 9.59 Å². The first-order chi connectivity index (χ1) is 11.8. The lowest BCUT2D eigenvalue weighted by atomic mass is 9.92. The van der Waals surface area contributed by atoms with Crippen LogP contribution >= 0.6 is 0 Å². The Bertz CT molecular complexity index is 920. The molecule has 2 N–H and O–H groups in total. The first kappa shape index (κ1) is 16.7. The van der Waals surface area contributed by atoms with Crippen molar-refractivity contribution in [3.63, 3.8) is 0 Å². The number of aromatic nitrogens is 3. The zero-order chi connectivity index (χ0) is 18.0. The molecule has 3 aromatic rings. The molecular formula is C17H18N4O4. The van der Waals surface area contributed by atoms with Crippen LogP contribution < -0.4 is 5.32 Å². The quantitative estimate of drug-likeness (QED) is 0.705. The van der Waals surface area contributed by atoms with E-state index in [0.717, 1.165) is 5.52 Å². The van der Waals surface area contributed by atoms with Gasteiger partial charge >= 0.3 is 5.97 Å². The van der Waals surface area contributed by atoms with Crippen molar-refractivity contribution in [1.29, 1.82) is 0 Å². The van der Waals surface area contributed by atoms with Crippen LogP contribution in [0.4, 0.5) is 5.88 Å². The maximum Gasteiger partial charge on any atom is 0.359 e. The van der Waals surface area contributed by atoms with Gasteiger partial charge in [0.15, 0.2) is 12.3 Å². The first-order valence-corrected chi connectivity index (χ1v) is 7.72. The molecular weight excluding hydrogens is 324 g/mol. The second kappa shape index (κ2) is 6.39. The Labute approximate surface area is 143 Å². The number of carbonyl (C=O) groups is 2. The number of ether oxygens (including phenoxy) is 1. The van der Waals surface area contributed by atoms with E-state index in [0.29, 0.717) is 11.1 Å². The Morgan fingerprint density at radius 1 is 1.28 bits per heavy atom. The van der Waals surface area contributed by atoms with Crippen LogP contribution in [-0.2, 0) is 14.9 Å². The molecule has 8 heteroatoms. The highest BCUT2D eigenvalue weighted by Gasteiger charge is 2.20. The maximum atomic E-state index is 12.1. The molecule has 3 rings (SSSR count). The summed E-state index contributed by atoms with van der Waals surface area (Å²) in [6, 6.07) is 8.80. The van der Waals surface area contributed by atoms with Crippen molar-refractivity contribution in [3.05, 3.63) is 41.7 Å². The Hall–Kier alpha value is -3.16. The number of hydrogen-bond donors (Lipinski definition) is 2. The summed E-state index contributed by atoms with van der Waals surface area (Å²) >= 11 is 0. The summed E-state index contributed by atoms with van der Waals surface area (Å²) in [5, 5.41) is 13.7. The van der Waals surface area contributed by atoms with Crippen molar-refractivity contribution in [2.24, 2.45) is 0 Å². The predicted octanol–water partition coefficient (Wildman–Crippen LogP) is 2.64. The Balaban J connectivity index is 1.59. The third-order valence-electron chi connectivity index (χ3n) is 3.54. The number of para-hydroxylation sites is 1. The minimum absolute atomic E-state index is 0.137. The monoisotopic (exact) mass is 342 g/mol. The molecule has 25 heavy (non-hydrogen) atoms. The van der Waals surface area contributed by atoms with E-state index in [-0.39, 0.29) is 17.0 Å². The van der Waals surface area contributed by atoms with E-state index in [1.54, 1.807) is 24.3 Å². The van der Waals surface area contributed by atoms with Crippen LogP contribution in [0.1, 0.15) is 37.0 Å². The molecule has 0 aliphatic heterocycles. The molecule has 2 heterocycles. The molecule has 0 spiro atoms. The van der Waals surface area contributed by atoms with Crippen LogP contribution in [-0.4, -0.2) is 33.8 Å². The number of anilines is 1. The van der Waals surface area contributed by atoms with E-state index < -0.39 is 18.5 Å². The number of nitrogens with zero attached hydrogens (tertiary/aromatic N) is 2. The van der Waals surface area contributed by atoms with Gasteiger partial charge in [0.2, 0.25) is 5.88 Å². The predicted molar refractivity (Wildman–Crippen MR) is 90.2 cm³/mol. The molecule has 0 aliphatic carbocycles. The number of fused-ring (bicyclic) bond motifs is 1. The van der Waals surface area contributed by atoms with Crippen LogP contribution in [0.5, 0.6) is 0 Å². The van der Waals surface area contributed by atoms with E-state index >= 15 is 0 Å². The molecule has 0 saturated heterocycles. The molecule has 0 radical (unpaired) electrons. The van der Waals surface area contributed by atoms with Crippen molar-refractivity contribution < 1.29 is 18.8 Å². The largest absolute Gasteiger partial charge is 0.451 e. The van der Waals surface area contributed by atoms with Gasteiger partial charge in [-0.05, 0) is 6.07 Å². The lowest BCUT2D eigenvalue weighted by Crippen LogP contribution is -2.21. The van der Waals surface area contributed by atoms with E-state index in [1.807, 2.05) is 26.8 Å². The van der Waals surface area contributed by atoms with E-state index in [1.165, 1.54) is 0 Å². The number of carbonyl (C=O) groups excluding carboxylic acids is 2. The van der Waals surface area contributed by atoms with Crippen molar-refractivity contribution in [1.82, 2.24) is 15.4 Å². The number of benzene rings is 1. The second-order valence-electron chi connectivity index (χ2n) is 6.57. The molecule has 1 aromatic carbocycles. The average molecular weight is 342 g/mol. The normalized spacial score (nSPS) is 11.5. The molecule has 0 unspecified atom stereocenters. The summed E-state index contributed by atoms with van der Waals surface area (Å²) < 4.78 is 10.1. The van der Waals surface area contributed by atoms with Gasteiger partial charge in [-0.2, -0.15) is 5.10 Å². The molecule has 0 aliphatic rings. The number of esters is 1. The molecule has 8 nitrogen and oxygen atoms in total. The number of hydrogen-bond acceptors (Lipinski definition) is 6. The van der Waals surface area contributed by atoms with Gasteiger partial charge in [0.05, 0.1) is 11.2 Å². The molecule has 0 bridgehead atoms. The van der Waals surface area contributed by atoms with E-state index in [4.69, 9.17) is 9.26 Å². The summed E-state index contributed by atoms with van der Waals surface area (Å²) in [6.45, 7) is 5.48. The van der Waals surface area contributed by atoms with E-state index in [2.05, 4.69) is 20.7 Å². The van der Waals surface area contributed by atoms with Gasteiger partial charge in [-0.15, -0.1) is 0 Å². The summed E-state index contributed by atoms with van der Waals surface area (Å²) in [5.41, 5.74) is 1.37. The van der Waals surface area contributed by atoms with Gasteiger partial charge in [0.25, 0.3) is 5.91 Å². The van der Waals surface area contributed by atoms with Gasteiger partial charge in [0.1, 0.15) is 0 Å². The van der Waals surface area contributed by atoms with Gasteiger partial charge in [0, 0.05) is 16.9 Å². The number of aromatic amines is 1. The van der Waals surface area contributed by atoms with Crippen molar-refractivity contribution in [2.75, 3.05) is 11.9 Å². The number of amides is 1. The standard InChI is InChI=1S/C17H18N4O4/c1-17(2,3)12-8-14(25-21-12)18-13(22)9-24-16(23)15-10-6-4-5-7-11(10)19-20-15/h4-8H,9H2,1-3H3,(H,18,22)(H,19,20). The SMILES string of the molecule is CC(C)(C)c1cc(NC(=O)COC(=O)c2n[nH]c3ccccc23)on1. The number of nitrogens with one attached hydrogen (secondary N) is 2. The summed E-state index contributed by atoms with van der Waals surface area (Å²) in [7, 11) is 0. The Kier molecular flexibility index (Phi) is 4.26. The zero-order valence-corrected chi connectivity index (χ0v) is 14.1. The third kappa shape index (κ3) is 3.68. The number of H-pyrrole nitrogens is 1. The highest BCUT2D eigenvalue weighted by atomic mass is 16.5. The van der Waals surface area contributed by atoms with Crippen molar-refractivity contribution >= 4 is 28.7 Å². The fraction of sp³-hybridized carbons (Fsp3) is 0.294. The smallest absolute Gasteiger partial charge is 0.359 e. The summed E-state index contributed by atoms with van der Waals surface area (Å²) in [6.07, 6.45) is 0. The molecule has 0 fully saturated rings. The van der Waals surface area contributed by atoms with Crippen LogP contribution in [0.15, 0.2) is 34.9 Å². The number of rotatable bonds is 4. The fourth-order valence-electron chi connectivity index (χ4n) is 2.18. The third-order valence-corrected chi connectivity index (χ3v) is 3.54. The van der Waals surface area contributed by atoms with Crippen LogP contribution in [0, 0.1) is 0 Å². The van der Waals surface area contributed by atoms with Crippen LogP contribution in [0.3, 0.4) is 0 Å². The lowest BCUT2D eigenvalue weighted by Gasteiger charge is -2.12. The van der Waals surface area contributed by atoms with Gasteiger partial charge < -0.3 is 9.26 Å². The minimum atomic E-state index is -0.680. The zero-order valence-electron chi connectivity index (χ0n) is 14.1. The second-order valence-corrected chi connectivity index (χ2v) is 6.57. The molecule has 2 aromatic heterocycles. The molecule has 0 saturated carbocycles. The summed E-state index contributed by atoms with van der Waals surface area (Å²) in [5.74, 6) is -0.999. The molecule has 130 valence electrons. The van der Waals surface area contributed by atoms with Gasteiger partial charge in [-0.3, -0.25) is 15.2 Å². The van der Waals surface area contributed by atoms with Gasteiger partial charge in [-0.1, -0.05) is 44.1 Å². The molecule has 0 atom stereocenters. The van der Waals surface area contributed by atoms with Crippen molar-refractivity contribution in [3.8, 4) is 0 Å². The average Bonchev–Trinajstić information content (AvgIpc) is 3.19. The molecule has 1 amide bonds. The summed E-state index contributed by atoms with van der Waals surface area (Å²) in [4.78, 5) is 24.0. The van der Waals surface area contributed by atoms with Crippen LogP contribution in [0.2, 0.25) is 0 Å². The first-order valence-electron chi connectivity index (χ1n) is 7.72. The van der Waals surface area contributed by atoms with Crippen LogP contribution in [0.25, 0.3) is 10.9 Å². The van der Waals surface area contributed by atoms with Crippen molar-refractivity contribution in [2.45, 2.75) is 26.2 Å². The minimum Gasteiger partial charge on any atom is -0.451 e. The maximum absolute atomic E-state index is 12.1. The lowest BCUT2D eigenvalue weighted by molar-refractivity contribution is -0.119. The highest BCUT2D eigenvalue weighted by molar-refractivity contribution is 6.02. The highest BCUT2D eigenvalue weighted by Crippen LogP contribution is 2.23.